The van der Waals surface area contributed by atoms with E-state index in [-0.39, 0.29) is 5.75 Å². The van der Waals surface area contributed by atoms with E-state index in [1.807, 2.05) is 12.1 Å². The van der Waals surface area contributed by atoms with Crippen LogP contribution in [-0.4, -0.2) is 47.6 Å². The maximum absolute atomic E-state index is 9.43. The van der Waals surface area contributed by atoms with Crippen LogP contribution < -0.4 is 0 Å². The fraction of sp³-hybridized carbons (Fsp3) is 0.600. The van der Waals surface area contributed by atoms with E-state index < -0.39 is 0 Å². The van der Waals surface area contributed by atoms with Crippen LogP contribution in [0.3, 0.4) is 0 Å². The summed E-state index contributed by atoms with van der Waals surface area (Å²) in [6.07, 6.45) is 2.46. The monoisotopic (exact) mass is 282 g/mol. The minimum atomic E-state index is 0.157. The highest BCUT2D eigenvalue weighted by molar-refractivity contribution is 6.32. The third kappa shape index (κ3) is 3.85. The Morgan fingerprint density at radius 1 is 1.37 bits per heavy atom. The number of halogens is 1. The first-order valence-corrected chi connectivity index (χ1v) is 7.38. The quantitative estimate of drug-likeness (QED) is 0.920. The number of piperidine rings is 1. The van der Waals surface area contributed by atoms with Gasteiger partial charge in [-0.2, -0.15) is 0 Å². The third-order valence-corrected chi connectivity index (χ3v) is 4.37. The van der Waals surface area contributed by atoms with Gasteiger partial charge in [0.25, 0.3) is 0 Å². The number of rotatable bonds is 4. The number of hydrogen-bond donors (Lipinski definition) is 1. The van der Waals surface area contributed by atoms with Gasteiger partial charge in [-0.05, 0) is 57.2 Å². The molecular formula is C15H23ClN2O. The molecule has 106 valence electrons. The molecule has 0 radical (unpaired) electrons. The molecule has 1 fully saturated rings. The van der Waals surface area contributed by atoms with E-state index in [1.165, 1.54) is 25.9 Å². The van der Waals surface area contributed by atoms with Gasteiger partial charge in [0.1, 0.15) is 5.75 Å². The molecule has 1 aliphatic heterocycles. The molecule has 0 unspecified atom stereocenters. The molecule has 1 aromatic carbocycles. The van der Waals surface area contributed by atoms with Gasteiger partial charge in [-0.1, -0.05) is 24.6 Å². The molecule has 0 aromatic heterocycles. The van der Waals surface area contributed by atoms with Gasteiger partial charge in [0.2, 0.25) is 0 Å². The fourth-order valence-electron chi connectivity index (χ4n) is 2.74. The third-order valence-electron chi connectivity index (χ3n) is 4.07. The van der Waals surface area contributed by atoms with Gasteiger partial charge in [-0.15, -0.1) is 0 Å². The van der Waals surface area contributed by atoms with Crippen LogP contribution in [0.4, 0.5) is 0 Å². The van der Waals surface area contributed by atoms with E-state index in [2.05, 4.69) is 23.8 Å². The van der Waals surface area contributed by atoms with Crippen LogP contribution >= 0.6 is 11.6 Å². The zero-order valence-corrected chi connectivity index (χ0v) is 12.5. The van der Waals surface area contributed by atoms with E-state index in [4.69, 9.17) is 11.6 Å². The lowest BCUT2D eigenvalue weighted by Crippen LogP contribution is -2.42. The number of hydrogen-bond acceptors (Lipinski definition) is 3. The smallest absolute Gasteiger partial charge is 0.134 e. The highest BCUT2D eigenvalue weighted by Gasteiger charge is 2.21. The summed E-state index contributed by atoms with van der Waals surface area (Å²) >= 11 is 5.95. The molecule has 1 N–H and O–H groups in total. The Balaban J connectivity index is 1.90. The van der Waals surface area contributed by atoms with Crippen molar-refractivity contribution in [2.75, 3.05) is 26.7 Å². The number of aromatic hydroxyl groups is 1. The molecule has 0 bridgehead atoms. The Labute approximate surface area is 120 Å². The highest BCUT2D eigenvalue weighted by atomic mass is 35.5. The second kappa shape index (κ2) is 6.60. The first kappa shape index (κ1) is 14.6. The summed E-state index contributed by atoms with van der Waals surface area (Å²) in [5.74, 6) is 0.157. The number of nitrogens with zero attached hydrogens (tertiary/aromatic N) is 2. The average molecular weight is 283 g/mol. The van der Waals surface area contributed by atoms with Crippen molar-refractivity contribution < 1.29 is 5.11 Å². The Bertz CT molecular complexity index is 417. The zero-order chi connectivity index (χ0) is 13.8. The lowest BCUT2D eigenvalue weighted by Gasteiger charge is -2.36. The van der Waals surface area contributed by atoms with E-state index in [0.29, 0.717) is 11.1 Å². The number of benzene rings is 1. The predicted molar refractivity (Wildman–Crippen MR) is 79.7 cm³/mol. The molecule has 0 atom stereocenters. The summed E-state index contributed by atoms with van der Waals surface area (Å²) in [7, 11) is 2.17. The van der Waals surface area contributed by atoms with Crippen molar-refractivity contribution >= 4 is 11.6 Å². The van der Waals surface area contributed by atoms with Crippen LogP contribution in [0, 0.1) is 0 Å². The SMILES string of the molecule is CCN1CCC(N(C)Cc2ccc(O)c(Cl)c2)CC1. The fourth-order valence-corrected chi connectivity index (χ4v) is 2.95. The summed E-state index contributed by atoms with van der Waals surface area (Å²) in [6, 6.07) is 6.12. The predicted octanol–water partition coefficient (Wildman–Crippen LogP) is 2.96. The molecular weight excluding hydrogens is 260 g/mol. The summed E-state index contributed by atoms with van der Waals surface area (Å²) in [5.41, 5.74) is 1.16. The molecule has 1 aliphatic rings. The van der Waals surface area contributed by atoms with Crippen LogP contribution in [0.2, 0.25) is 5.02 Å². The Morgan fingerprint density at radius 3 is 2.63 bits per heavy atom. The summed E-state index contributed by atoms with van der Waals surface area (Å²) in [6.45, 7) is 6.66. The largest absolute Gasteiger partial charge is 0.506 e. The van der Waals surface area contributed by atoms with Crippen LogP contribution in [0.1, 0.15) is 25.3 Å². The van der Waals surface area contributed by atoms with Crippen LogP contribution in [0.25, 0.3) is 0 Å². The van der Waals surface area contributed by atoms with Crippen molar-refractivity contribution in [3.8, 4) is 5.75 Å². The zero-order valence-electron chi connectivity index (χ0n) is 11.8. The van der Waals surface area contributed by atoms with E-state index in [9.17, 15) is 5.11 Å². The Hall–Kier alpha value is -0.770. The van der Waals surface area contributed by atoms with Crippen LogP contribution in [-0.2, 0) is 6.54 Å². The van der Waals surface area contributed by atoms with Crippen molar-refractivity contribution in [3.63, 3.8) is 0 Å². The molecule has 19 heavy (non-hydrogen) atoms. The minimum absolute atomic E-state index is 0.157. The lowest BCUT2D eigenvalue weighted by molar-refractivity contribution is 0.127. The minimum Gasteiger partial charge on any atom is -0.506 e. The van der Waals surface area contributed by atoms with E-state index >= 15 is 0 Å². The molecule has 4 heteroatoms. The topological polar surface area (TPSA) is 26.7 Å². The number of phenolic OH excluding ortho intramolecular Hbond substituents is 1. The Kier molecular flexibility index (Phi) is 5.08. The standard InChI is InChI=1S/C15H23ClN2O/c1-3-18-8-6-13(7-9-18)17(2)11-12-4-5-15(19)14(16)10-12/h4-5,10,13,19H,3,6-9,11H2,1-2H3. The van der Waals surface area contributed by atoms with Crippen molar-refractivity contribution in [3.05, 3.63) is 28.8 Å². The van der Waals surface area contributed by atoms with Crippen molar-refractivity contribution in [2.24, 2.45) is 0 Å². The van der Waals surface area contributed by atoms with Gasteiger partial charge in [0, 0.05) is 12.6 Å². The maximum Gasteiger partial charge on any atom is 0.134 e. The Morgan fingerprint density at radius 2 is 2.05 bits per heavy atom. The van der Waals surface area contributed by atoms with Gasteiger partial charge in [-0.3, -0.25) is 4.90 Å². The molecule has 0 saturated carbocycles. The van der Waals surface area contributed by atoms with Crippen LogP contribution in [0.5, 0.6) is 5.75 Å². The normalized spacial score (nSPS) is 18.1. The van der Waals surface area contributed by atoms with Gasteiger partial charge in [-0.25, -0.2) is 0 Å². The molecule has 1 heterocycles. The van der Waals surface area contributed by atoms with Crippen molar-refractivity contribution in [1.29, 1.82) is 0 Å². The molecule has 2 rings (SSSR count). The molecule has 0 aliphatic carbocycles. The summed E-state index contributed by atoms with van der Waals surface area (Å²) in [5, 5.41) is 9.87. The van der Waals surface area contributed by atoms with Gasteiger partial charge >= 0.3 is 0 Å². The molecule has 1 aromatic rings. The average Bonchev–Trinajstić information content (AvgIpc) is 2.43. The first-order valence-electron chi connectivity index (χ1n) is 7.00. The second-order valence-electron chi connectivity index (χ2n) is 5.37. The van der Waals surface area contributed by atoms with E-state index in [0.717, 1.165) is 18.7 Å². The van der Waals surface area contributed by atoms with E-state index in [1.54, 1.807) is 6.07 Å². The van der Waals surface area contributed by atoms with Crippen LogP contribution in [0.15, 0.2) is 18.2 Å². The molecule has 3 nitrogen and oxygen atoms in total. The highest BCUT2D eigenvalue weighted by Crippen LogP contribution is 2.25. The van der Waals surface area contributed by atoms with Gasteiger partial charge in [0.05, 0.1) is 5.02 Å². The summed E-state index contributed by atoms with van der Waals surface area (Å²) < 4.78 is 0. The molecule has 0 spiro atoms. The number of likely N-dealkylation sites (tertiary alicyclic amines) is 1. The number of phenols is 1. The molecule has 1 saturated heterocycles. The van der Waals surface area contributed by atoms with Gasteiger partial charge in [0.15, 0.2) is 0 Å². The maximum atomic E-state index is 9.43. The van der Waals surface area contributed by atoms with Crippen molar-refractivity contribution in [2.45, 2.75) is 32.4 Å². The van der Waals surface area contributed by atoms with Gasteiger partial charge < -0.3 is 10.0 Å². The second-order valence-corrected chi connectivity index (χ2v) is 5.77. The lowest BCUT2D eigenvalue weighted by atomic mass is 10.0. The first-order chi connectivity index (χ1) is 9.10. The molecule has 0 amide bonds. The van der Waals surface area contributed by atoms with Crippen molar-refractivity contribution in [1.82, 2.24) is 9.80 Å². The summed E-state index contributed by atoms with van der Waals surface area (Å²) in [4.78, 5) is 4.90.